The fourth-order valence-electron chi connectivity index (χ4n) is 1.77. The molecule has 0 amide bonds. The fourth-order valence-corrected chi connectivity index (χ4v) is 1.77. The summed E-state index contributed by atoms with van der Waals surface area (Å²) < 4.78 is 15.4. The van der Waals surface area contributed by atoms with Gasteiger partial charge in [0.2, 0.25) is 0 Å². The van der Waals surface area contributed by atoms with Crippen molar-refractivity contribution in [1.29, 1.82) is 0 Å². The van der Waals surface area contributed by atoms with Gasteiger partial charge >= 0.3 is 5.97 Å². The number of methoxy groups -OCH3 is 2. The minimum absolute atomic E-state index is 0.170. The largest absolute Gasteiger partial charge is 0.497 e. The Bertz CT molecular complexity index is 403. The molecule has 0 fully saturated rings. The molecular formula is C15H23NO4. The summed E-state index contributed by atoms with van der Waals surface area (Å²) in [6.07, 6.45) is 0. The SMILES string of the molecule is COC(=O)C(NCCOc1ccc(OC)cc1)C(C)C. The average Bonchev–Trinajstić information content (AvgIpc) is 2.46. The number of carbonyl (C=O) groups is 1. The first kappa shape index (κ1) is 16.3. The number of hydrogen-bond acceptors (Lipinski definition) is 5. The number of benzene rings is 1. The summed E-state index contributed by atoms with van der Waals surface area (Å²) in [4.78, 5) is 11.5. The molecule has 5 heteroatoms. The smallest absolute Gasteiger partial charge is 0.323 e. The van der Waals surface area contributed by atoms with Gasteiger partial charge in [0.25, 0.3) is 0 Å². The molecule has 1 aromatic carbocycles. The number of ether oxygens (including phenoxy) is 3. The maximum atomic E-state index is 11.5. The highest BCUT2D eigenvalue weighted by Crippen LogP contribution is 2.16. The maximum absolute atomic E-state index is 11.5. The summed E-state index contributed by atoms with van der Waals surface area (Å²) in [7, 11) is 3.02. The van der Waals surface area contributed by atoms with Crippen LogP contribution in [0, 0.1) is 5.92 Å². The van der Waals surface area contributed by atoms with Gasteiger partial charge in [-0.05, 0) is 30.2 Å². The number of rotatable bonds is 8. The molecule has 0 heterocycles. The molecule has 1 aromatic rings. The van der Waals surface area contributed by atoms with Crippen LogP contribution in [0.25, 0.3) is 0 Å². The van der Waals surface area contributed by atoms with Crippen molar-refractivity contribution in [3.8, 4) is 11.5 Å². The molecule has 1 N–H and O–H groups in total. The highest BCUT2D eigenvalue weighted by molar-refractivity contribution is 5.75. The van der Waals surface area contributed by atoms with Crippen LogP contribution < -0.4 is 14.8 Å². The lowest BCUT2D eigenvalue weighted by Gasteiger charge is -2.19. The second kappa shape index (κ2) is 8.43. The van der Waals surface area contributed by atoms with Crippen molar-refractivity contribution >= 4 is 5.97 Å². The highest BCUT2D eigenvalue weighted by atomic mass is 16.5. The maximum Gasteiger partial charge on any atom is 0.323 e. The molecule has 5 nitrogen and oxygen atoms in total. The predicted octanol–water partition coefficient (Wildman–Crippen LogP) is 1.86. The van der Waals surface area contributed by atoms with Gasteiger partial charge < -0.3 is 19.5 Å². The van der Waals surface area contributed by atoms with Gasteiger partial charge in [-0.15, -0.1) is 0 Å². The third-order valence-corrected chi connectivity index (χ3v) is 2.92. The van der Waals surface area contributed by atoms with Gasteiger partial charge in [0.05, 0.1) is 14.2 Å². The molecule has 1 atom stereocenters. The molecule has 0 saturated carbocycles. The van der Waals surface area contributed by atoms with Gasteiger partial charge in [-0.2, -0.15) is 0 Å². The lowest BCUT2D eigenvalue weighted by atomic mass is 10.1. The van der Waals surface area contributed by atoms with Crippen molar-refractivity contribution in [1.82, 2.24) is 5.32 Å². The zero-order valence-corrected chi connectivity index (χ0v) is 12.5. The number of nitrogens with one attached hydrogen (secondary N) is 1. The van der Waals surface area contributed by atoms with Gasteiger partial charge in [-0.25, -0.2) is 0 Å². The second-order valence-electron chi connectivity index (χ2n) is 4.72. The summed E-state index contributed by atoms with van der Waals surface area (Å²) in [5.74, 6) is 1.49. The van der Waals surface area contributed by atoms with Gasteiger partial charge in [0.1, 0.15) is 24.1 Å². The first-order valence-corrected chi connectivity index (χ1v) is 6.66. The van der Waals surface area contributed by atoms with Crippen LogP contribution in [0.2, 0.25) is 0 Å². The van der Waals surface area contributed by atoms with E-state index < -0.39 is 0 Å². The van der Waals surface area contributed by atoms with Crippen molar-refractivity contribution < 1.29 is 19.0 Å². The topological polar surface area (TPSA) is 56.8 Å². The monoisotopic (exact) mass is 281 g/mol. The van der Waals surface area contributed by atoms with E-state index >= 15 is 0 Å². The molecule has 0 bridgehead atoms. The third kappa shape index (κ3) is 5.09. The van der Waals surface area contributed by atoms with Crippen LogP contribution in [-0.4, -0.2) is 39.4 Å². The van der Waals surface area contributed by atoms with Crippen molar-refractivity contribution in [2.24, 2.45) is 5.92 Å². The molecule has 0 aliphatic heterocycles. The van der Waals surface area contributed by atoms with E-state index in [9.17, 15) is 4.79 Å². The van der Waals surface area contributed by atoms with Gasteiger partial charge in [-0.3, -0.25) is 4.79 Å². The standard InChI is InChI=1S/C15H23NO4/c1-11(2)14(15(17)19-4)16-9-10-20-13-7-5-12(18-3)6-8-13/h5-8,11,14,16H,9-10H2,1-4H3. The molecule has 0 radical (unpaired) electrons. The Balaban J connectivity index is 2.34. The molecule has 0 saturated heterocycles. The minimum atomic E-state index is -0.306. The Morgan fingerprint density at radius 3 is 2.25 bits per heavy atom. The fraction of sp³-hybridized carbons (Fsp3) is 0.533. The minimum Gasteiger partial charge on any atom is -0.497 e. The Kier molecular flexibility index (Phi) is 6.87. The van der Waals surface area contributed by atoms with E-state index in [0.717, 1.165) is 11.5 Å². The zero-order valence-electron chi connectivity index (χ0n) is 12.5. The van der Waals surface area contributed by atoms with E-state index in [0.29, 0.717) is 13.2 Å². The summed E-state index contributed by atoms with van der Waals surface area (Å²) >= 11 is 0. The molecule has 1 rings (SSSR count). The van der Waals surface area contributed by atoms with E-state index in [1.807, 2.05) is 38.1 Å². The first-order chi connectivity index (χ1) is 9.58. The van der Waals surface area contributed by atoms with Gasteiger partial charge in [0.15, 0.2) is 0 Å². The van der Waals surface area contributed by atoms with Gasteiger partial charge in [0, 0.05) is 6.54 Å². The Hall–Kier alpha value is -1.75. The molecular weight excluding hydrogens is 258 g/mol. The lowest BCUT2D eigenvalue weighted by molar-refractivity contribution is -0.144. The quantitative estimate of drug-likeness (QED) is 0.582. The van der Waals surface area contributed by atoms with Gasteiger partial charge in [-0.1, -0.05) is 13.8 Å². The van der Waals surface area contributed by atoms with Crippen molar-refractivity contribution in [3.05, 3.63) is 24.3 Å². The summed E-state index contributed by atoms with van der Waals surface area (Å²) in [5, 5.41) is 3.14. The van der Waals surface area contributed by atoms with Crippen molar-refractivity contribution in [2.75, 3.05) is 27.4 Å². The second-order valence-corrected chi connectivity index (χ2v) is 4.72. The molecule has 0 aliphatic rings. The molecule has 1 unspecified atom stereocenters. The van der Waals surface area contributed by atoms with Crippen LogP contribution >= 0.6 is 0 Å². The van der Waals surface area contributed by atoms with E-state index in [1.165, 1.54) is 7.11 Å². The van der Waals surface area contributed by atoms with Crippen LogP contribution in [0.15, 0.2) is 24.3 Å². The highest BCUT2D eigenvalue weighted by Gasteiger charge is 2.21. The van der Waals surface area contributed by atoms with Crippen molar-refractivity contribution in [2.45, 2.75) is 19.9 Å². The first-order valence-electron chi connectivity index (χ1n) is 6.66. The van der Waals surface area contributed by atoms with E-state index in [2.05, 4.69) is 5.32 Å². The van der Waals surface area contributed by atoms with E-state index in [1.54, 1.807) is 7.11 Å². The zero-order chi connectivity index (χ0) is 15.0. The number of hydrogen-bond donors (Lipinski definition) is 1. The summed E-state index contributed by atoms with van der Waals surface area (Å²) in [6, 6.07) is 7.07. The Morgan fingerprint density at radius 2 is 1.75 bits per heavy atom. The van der Waals surface area contributed by atoms with E-state index in [-0.39, 0.29) is 17.9 Å². The summed E-state index contributed by atoms with van der Waals surface area (Å²) in [5.41, 5.74) is 0. The van der Waals surface area contributed by atoms with Crippen molar-refractivity contribution in [3.63, 3.8) is 0 Å². The molecule has 0 spiro atoms. The Morgan fingerprint density at radius 1 is 1.15 bits per heavy atom. The number of esters is 1. The summed E-state index contributed by atoms with van der Waals surface area (Å²) in [6.45, 7) is 4.99. The van der Waals surface area contributed by atoms with Crippen LogP contribution in [0.5, 0.6) is 11.5 Å². The normalized spacial score (nSPS) is 12.1. The average molecular weight is 281 g/mol. The van der Waals surface area contributed by atoms with E-state index in [4.69, 9.17) is 14.2 Å². The predicted molar refractivity (Wildman–Crippen MR) is 77.1 cm³/mol. The van der Waals surface area contributed by atoms with Crippen LogP contribution in [0.1, 0.15) is 13.8 Å². The molecule has 20 heavy (non-hydrogen) atoms. The van der Waals surface area contributed by atoms with Crippen LogP contribution in [-0.2, 0) is 9.53 Å². The number of carbonyl (C=O) groups excluding carboxylic acids is 1. The van der Waals surface area contributed by atoms with Crippen LogP contribution in [0.3, 0.4) is 0 Å². The van der Waals surface area contributed by atoms with Crippen LogP contribution in [0.4, 0.5) is 0 Å². The third-order valence-electron chi connectivity index (χ3n) is 2.92. The molecule has 0 aliphatic carbocycles. The Labute approximate surface area is 120 Å². The lowest BCUT2D eigenvalue weighted by Crippen LogP contribution is -2.43. The molecule has 112 valence electrons. The molecule has 0 aromatic heterocycles.